The molecule has 0 amide bonds. The van der Waals surface area contributed by atoms with Gasteiger partial charge in [-0.05, 0) is 33.9 Å². The standard InChI is InChI=1S/C17H32N6/c1-5-18-17(21-15-9-7-6-8-10-15)19-12-16(22(2)3)14-11-20-23(4)13-14/h11,13,15-16H,5-10,12H2,1-4H3,(H2,18,19,21). The van der Waals surface area contributed by atoms with Gasteiger partial charge in [0.15, 0.2) is 5.96 Å². The van der Waals surface area contributed by atoms with Gasteiger partial charge in [-0.3, -0.25) is 9.67 Å². The Kier molecular flexibility index (Phi) is 6.89. The number of likely N-dealkylation sites (N-methyl/N-ethyl adjacent to an activating group) is 1. The van der Waals surface area contributed by atoms with Crippen molar-refractivity contribution in [2.75, 3.05) is 27.2 Å². The molecule has 1 saturated carbocycles. The summed E-state index contributed by atoms with van der Waals surface area (Å²) in [6, 6.07) is 0.809. The molecule has 1 aromatic rings. The fourth-order valence-electron chi connectivity index (χ4n) is 3.12. The van der Waals surface area contributed by atoms with Crippen molar-refractivity contribution in [3.8, 4) is 0 Å². The SMILES string of the molecule is CCNC(=NCC(c1cnn(C)c1)N(C)C)NC1CCCCC1. The van der Waals surface area contributed by atoms with Crippen LogP contribution in [0.3, 0.4) is 0 Å². The second-order valence-corrected chi connectivity index (χ2v) is 6.63. The van der Waals surface area contributed by atoms with Crippen LogP contribution in [0.4, 0.5) is 0 Å². The predicted octanol–water partition coefficient (Wildman–Crippen LogP) is 1.91. The van der Waals surface area contributed by atoms with Gasteiger partial charge in [-0.25, -0.2) is 0 Å². The molecule has 23 heavy (non-hydrogen) atoms. The van der Waals surface area contributed by atoms with E-state index < -0.39 is 0 Å². The van der Waals surface area contributed by atoms with Crippen LogP contribution in [-0.4, -0.2) is 53.9 Å². The number of aliphatic imine (C=N–C) groups is 1. The molecule has 0 spiro atoms. The van der Waals surface area contributed by atoms with Crippen molar-refractivity contribution >= 4 is 5.96 Å². The highest BCUT2D eigenvalue weighted by Gasteiger charge is 2.17. The summed E-state index contributed by atoms with van der Waals surface area (Å²) in [6.45, 7) is 3.72. The molecule has 0 aromatic carbocycles. The van der Waals surface area contributed by atoms with Crippen molar-refractivity contribution in [1.29, 1.82) is 0 Å². The van der Waals surface area contributed by atoms with E-state index in [0.717, 1.165) is 19.0 Å². The molecule has 2 rings (SSSR count). The summed E-state index contributed by atoms with van der Waals surface area (Å²) >= 11 is 0. The van der Waals surface area contributed by atoms with Crippen LogP contribution < -0.4 is 10.6 Å². The minimum absolute atomic E-state index is 0.241. The zero-order valence-electron chi connectivity index (χ0n) is 15.0. The Bertz CT molecular complexity index is 487. The maximum Gasteiger partial charge on any atom is 0.191 e. The van der Waals surface area contributed by atoms with Gasteiger partial charge in [0, 0.05) is 31.4 Å². The number of nitrogens with zero attached hydrogens (tertiary/aromatic N) is 4. The highest BCUT2D eigenvalue weighted by Crippen LogP contribution is 2.19. The lowest BCUT2D eigenvalue weighted by atomic mass is 9.96. The van der Waals surface area contributed by atoms with Gasteiger partial charge >= 0.3 is 0 Å². The summed E-state index contributed by atoms with van der Waals surface area (Å²) in [5, 5.41) is 11.3. The lowest BCUT2D eigenvalue weighted by Gasteiger charge is -2.26. The van der Waals surface area contributed by atoms with E-state index in [1.54, 1.807) is 0 Å². The second kappa shape index (κ2) is 8.91. The Labute approximate surface area is 140 Å². The highest BCUT2D eigenvalue weighted by atomic mass is 15.3. The van der Waals surface area contributed by atoms with Gasteiger partial charge in [0.2, 0.25) is 0 Å². The van der Waals surface area contributed by atoms with Gasteiger partial charge in [0.25, 0.3) is 0 Å². The third kappa shape index (κ3) is 5.53. The molecule has 6 nitrogen and oxygen atoms in total. The van der Waals surface area contributed by atoms with Crippen LogP contribution in [0.5, 0.6) is 0 Å². The van der Waals surface area contributed by atoms with Crippen molar-refractivity contribution in [3.05, 3.63) is 18.0 Å². The molecular weight excluding hydrogens is 288 g/mol. The molecule has 6 heteroatoms. The number of aryl methyl sites for hydroxylation is 1. The number of aromatic nitrogens is 2. The molecule has 1 aromatic heterocycles. The minimum atomic E-state index is 0.241. The summed E-state index contributed by atoms with van der Waals surface area (Å²) in [6.07, 6.45) is 10.5. The van der Waals surface area contributed by atoms with E-state index in [-0.39, 0.29) is 6.04 Å². The van der Waals surface area contributed by atoms with Crippen LogP contribution >= 0.6 is 0 Å². The van der Waals surface area contributed by atoms with Crippen LogP contribution in [-0.2, 0) is 7.05 Å². The van der Waals surface area contributed by atoms with E-state index in [2.05, 4.69) is 47.8 Å². The highest BCUT2D eigenvalue weighted by molar-refractivity contribution is 5.80. The maximum atomic E-state index is 4.83. The van der Waals surface area contributed by atoms with Gasteiger partial charge in [-0.1, -0.05) is 19.3 Å². The molecule has 1 aliphatic carbocycles. The van der Waals surface area contributed by atoms with E-state index in [4.69, 9.17) is 4.99 Å². The van der Waals surface area contributed by atoms with Crippen LogP contribution in [0.2, 0.25) is 0 Å². The molecule has 0 bridgehead atoms. The average Bonchev–Trinajstić information content (AvgIpc) is 2.94. The van der Waals surface area contributed by atoms with E-state index in [9.17, 15) is 0 Å². The Morgan fingerprint density at radius 3 is 2.70 bits per heavy atom. The van der Waals surface area contributed by atoms with Crippen molar-refractivity contribution in [2.45, 2.75) is 51.1 Å². The van der Waals surface area contributed by atoms with Crippen LogP contribution in [0.1, 0.15) is 50.6 Å². The molecule has 0 saturated heterocycles. The van der Waals surface area contributed by atoms with Gasteiger partial charge in [0.05, 0.1) is 18.8 Å². The van der Waals surface area contributed by atoms with Crippen LogP contribution in [0, 0.1) is 0 Å². The first kappa shape index (κ1) is 17.8. The summed E-state index contributed by atoms with van der Waals surface area (Å²) in [4.78, 5) is 7.03. The summed E-state index contributed by atoms with van der Waals surface area (Å²) in [5.74, 6) is 0.940. The molecule has 1 unspecified atom stereocenters. The molecule has 130 valence electrons. The van der Waals surface area contributed by atoms with Crippen molar-refractivity contribution in [3.63, 3.8) is 0 Å². The fraction of sp³-hybridized carbons (Fsp3) is 0.765. The predicted molar refractivity (Wildman–Crippen MR) is 95.6 cm³/mol. The van der Waals surface area contributed by atoms with Gasteiger partial charge in [-0.2, -0.15) is 5.10 Å². The van der Waals surface area contributed by atoms with Crippen LogP contribution in [0.25, 0.3) is 0 Å². The third-order valence-corrected chi connectivity index (χ3v) is 4.45. The first-order valence-corrected chi connectivity index (χ1v) is 8.80. The van der Waals surface area contributed by atoms with Gasteiger partial charge < -0.3 is 15.5 Å². The largest absolute Gasteiger partial charge is 0.357 e. The summed E-state index contributed by atoms with van der Waals surface area (Å²) in [7, 11) is 6.14. The number of rotatable bonds is 6. The smallest absolute Gasteiger partial charge is 0.191 e. The molecule has 1 fully saturated rings. The maximum absolute atomic E-state index is 4.83. The Morgan fingerprint density at radius 2 is 2.13 bits per heavy atom. The number of nitrogens with one attached hydrogen (secondary N) is 2. The Hall–Kier alpha value is -1.56. The lowest BCUT2D eigenvalue weighted by Crippen LogP contribution is -2.44. The molecule has 0 radical (unpaired) electrons. The van der Waals surface area contributed by atoms with Gasteiger partial charge in [0.1, 0.15) is 0 Å². The van der Waals surface area contributed by atoms with Crippen LogP contribution in [0.15, 0.2) is 17.4 Å². The normalized spacial score (nSPS) is 18.2. The second-order valence-electron chi connectivity index (χ2n) is 6.63. The monoisotopic (exact) mass is 320 g/mol. The minimum Gasteiger partial charge on any atom is -0.357 e. The lowest BCUT2D eigenvalue weighted by molar-refractivity contribution is 0.306. The summed E-state index contributed by atoms with van der Waals surface area (Å²) < 4.78 is 1.85. The average molecular weight is 320 g/mol. The first-order chi connectivity index (χ1) is 11.1. The van der Waals surface area contributed by atoms with E-state index in [1.165, 1.54) is 37.7 Å². The number of hydrogen-bond acceptors (Lipinski definition) is 3. The quantitative estimate of drug-likeness (QED) is 0.621. The molecule has 1 aliphatic rings. The van der Waals surface area contributed by atoms with Gasteiger partial charge in [-0.15, -0.1) is 0 Å². The molecule has 2 N–H and O–H groups in total. The topological polar surface area (TPSA) is 57.5 Å². The van der Waals surface area contributed by atoms with E-state index >= 15 is 0 Å². The molecule has 1 atom stereocenters. The zero-order valence-corrected chi connectivity index (χ0v) is 15.0. The molecule has 0 aliphatic heterocycles. The van der Waals surface area contributed by atoms with E-state index in [0.29, 0.717) is 6.04 Å². The first-order valence-electron chi connectivity index (χ1n) is 8.80. The van der Waals surface area contributed by atoms with E-state index in [1.807, 2.05) is 17.9 Å². The van der Waals surface area contributed by atoms with Crippen molar-refractivity contribution < 1.29 is 0 Å². The third-order valence-electron chi connectivity index (χ3n) is 4.45. The zero-order chi connectivity index (χ0) is 16.7. The number of guanidine groups is 1. The summed E-state index contributed by atoms with van der Waals surface area (Å²) in [5.41, 5.74) is 1.20. The van der Waals surface area contributed by atoms with Crippen molar-refractivity contribution in [1.82, 2.24) is 25.3 Å². The Morgan fingerprint density at radius 1 is 1.39 bits per heavy atom. The van der Waals surface area contributed by atoms with Crippen molar-refractivity contribution in [2.24, 2.45) is 12.0 Å². The Balaban J connectivity index is 2.01. The molecule has 1 heterocycles. The number of hydrogen-bond donors (Lipinski definition) is 2. The molecular formula is C17H32N6. The fourth-order valence-corrected chi connectivity index (χ4v) is 3.12.